The van der Waals surface area contributed by atoms with Crippen molar-refractivity contribution in [3.05, 3.63) is 35.9 Å². The van der Waals surface area contributed by atoms with E-state index in [4.69, 9.17) is 5.26 Å². The van der Waals surface area contributed by atoms with E-state index < -0.39 is 5.92 Å². The van der Waals surface area contributed by atoms with Crippen LogP contribution in [0.5, 0.6) is 0 Å². The van der Waals surface area contributed by atoms with Gasteiger partial charge in [0.1, 0.15) is 5.92 Å². The summed E-state index contributed by atoms with van der Waals surface area (Å²) in [6.07, 6.45) is 1.37. The van der Waals surface area contributed by atoms with Gasteiger partial charge in [-0.25, -0.2) is 0 Å². The highest BCUT2D eigenvalue weighted by Gasteiger charge is 2.19. The molecule has 1 rings (SSSR count). The molecule has 0 heterocycles. The second kappa shape index (κ2) is 6.70. The Bertz CT molecular complexity index is 394. The number of nitrogens with one attached hydrogen (secondary N) is 1. The average molecular weight is 230 g/mol. The second-order valence-electron chi connectivity index (χ2n) is 3.97. The first-order valence-corrected chi connectivity index (χ1v) is 5.97. The van der Waals surface area contributed by atoms with E-state index in [1.54, 1.807) is 0 Å². The minimum atomic E-state index is -0.548. The fourth-order valence-electron chi connectivity index (χ4n) is 1.71. The molecular weight excluding hydrogens is 212 g/mol. The van der Waals surface area contributed by atoms with E-state index in [0.29, 0.717) is 6.42 Å². The van der Waals surface area contributed by atoms with E-state index in [-0.39, 0.29) is 11.9 Å². The Morgan fingerprint density at radius 1 is 1.29 bits per heavy atom. The molecule has 0 saturated heterocycles. The highest BCUT2D eigenvalue weighted by Crippen LogP contribution is 2.16. The lowest BCUT2D eigenvalue weighted by Gasteiger charge is -2.18. The van der Waals surface area contributed by atoms with Crippen LogP contribution < -0.4 is 5.32 Å². The van der Waals surface area contributed by atoms with Gasteiger partial charge in [-0.15, -0.1) is 0 Å². The van der Waals surface area contributed by atoms with E-state index in [1.165, 1.54) is 0 Å². The second-order valence-corrected chi connectivity index (χ2v) is 3.97. The maximum absolute atomic E-state index is 11.8. The summed E-state index contributed by atoms with van der Waals surface area (Å²) < 4.78 is 0. The van der Waals surface area contributed by atoms with Crippen LogP contribution in [0.1, 0.15) is 38.3 Å². The van der Waals surface area contributed by atoms with Crippen LogP contribution in [0.4, 0.5) is 0 Å². The van der Waals surface area contributed by atoms with Gasteiger partial charge in [0.25, 0.3) is 0 Å². The maximum Gasteiger partial charge on any atom is 0.237 e. The summed E-state index contributed by atoms with van der Waals surface area (Å²) in [4.78, 5) is 11.8. The zero-order valence-corrected chi connectivity index (χ0v) is 10.3. The van der Waals surface area contributed by atoms with Gasteiger partial charge in [-0.1, -0.05) is 44.2 Å². The van der Waals surface area contributed by atoms with Crippen LogP contribution in [-0.2, 0) is 4.79 Å². The molecular formula is C14H18N2O. The summed E-state index contributed by atoms with van der Waals surface area (Å²) in [5, 5.41) is 11.8. The van der Waals surface area contributed by atoms with E-state index in [9.17, 15) is 4.79 Å². The molecule has 0 aliphatic rings. The number of benzene rings is 1. The van der Waals surface area contributed by atoms with Gasteiger partial charge in [0.15, 0.2) is 0 Å². The van der Waals surface area contributed by atoms with Gasteiger partial charge >= 0.3 is 0 Å². The quantitative estimate of drug-likeness (QED) is 0.845. The van der Waals surface area contributed by atoms with Gasteiger partial charge in [0.2, 0.25) is 5.91 Å². The third-order valence-electron chi connectivity index (χ3n) is 2.81. The third-order valence-corrected chi connectivity index (χ3v) is 2.81. The fourth-order valence-corrected chi connectivity index (χ4v) is 1.71. The molecule has 3 nitrogen and oxygen atoms in total. The number of nitriles is 1. The number of rotatable bonds is 5. The molecule has 0 bridgehead atoms. The molecule has 0 saturated carbocycles. The largest absolute Gasteiger partial charge is 0.348 e. The standard InChI is InChI=1S/C14H18N2O/c1-3-11(10-15)14(17)16-13(4-2)12-8-6-5-7-9-12/h5-9,11,13H,3-4H2,1-2H3,(H,16,17)/t11-,13+/m1/s1. The Kier molecular flexibility index (Phi) is 5.22. The van der Waals surface area contributed by atoms with Crippen molar-refractivity contribution in [1.82, 2.24) is 5.32 Å². The number of nitrogens with zero attached hydrogens (tertiary/aromatic N) is 1. The van der Waals surface area contributed by atoms with Crippen molar-refractivity contribution in [2.45, 2.75) is 32.7 Å². The summed E-state index contributed by atoms with van der Waals surface area (Å²) in [5.41, 5.74) is 1.08. The third kappa shape index (κ3) is 3.60. The smallest absolute Gasteiger partial charge is 0.237 e. The SMILES string of the molecule is CC[C@H](NC(=O)[C@@H](C#N)CC)c1ccccc1. The van der Waals surface area contributed by atoms with E-state index >= 15 is 0 Å². The van der Waals surface area contributed by atoms with Crippen molar-refractivity contribution in [2.75, 3.05) is 0 Å². The molecule has 0 aliphatic carbocycles. The van der Waals surface area contributed by atoms with E-state index in [1.807, 2.05) is 50.2 Å². The molecule has 0 aliphatic heterocycles. The Hall–Kier alpha value is -1.82. The molecule has 0 spiro atoms. The molecule has 0 unspecified atom stereocenters. The monoisotopic (exact) mass is 230 g/mol. The predicted octanol–water partition coefficient (Wildman–Crippen LogP) is 2.80. The van der Waals surface area contributed by atoms with Crippen LogP contribution in [0.25, 0.3) is 0 Å². The van der Waals surface area contributed by atoms with Crippen LogP contribution in [-0.4, -0.2) is 5.91 Å². The van der Waals surface area contributed by atoms with Crippen LogP contribution in [0.15, 0.2) is 30.3 Å². The Balaban J connectivity index is 2.72. The molecule has 0 fully saturated rings. The van der Waals surface area contributed by atoms with Gasteiger partial charge in [-0.3, -0.25) is 4.79 Å². The van der Waals surface area contributed by atoms with Crippen LogP contribution >= 0.6 is 0 Å². The highest BCUT2D eigenvalue weighted by atomic mass is 16.1. The minimum absolute atomic E-state index is 0.00824. The number of amides is 1. The lowest BCUT2D eigenvalue weighted by molar-refractivity contribution is -0.124. The highest BCUT2D eigenvalue weighted by molar-refractivity contribution is 5.81. The van der Waals surface area contributed by atoms with Crippen molar-refractivity contribution in [1.29, 1.82) is 5.26 Å². The normalized spacial score (nSPS) is 13.5. The Labute approximate surface area is 102 Å². The van der Waals surface area contributed by atoms with Gasteiger partial charge < -0.3 is 5.32 Å². The Morgan fingerprint density at radius 3 is 2.41 bits per heavy atom. The minimum Gasteiger partial charge on any atom is -0.348 e. The van der Waals surface area contributed by atoms with Gasteiger partial charge in [-0.05, 0) is 18.4 Å². The predicted molar refractivity (Wildman–Crippen MR) is 67.0 cm³/mol. The van der Waals surface area contributed by atoms with Gasteiger partial charge in [0, 0.05) is 0 Å². The van der Waals surface area contributed by atoms with Crippen molar-refractivity contribution in [3.8, 4) is 6.07 Å². The first-order valence-electron chi connectivity index (χ1n) is 5.97. The molecule has 0 radical (unpaired) electrons. The molecule has 1 aromatic carbocycles. The first-order chi connectivity index (χ1) is 8.22. The van der Waals surface area contributed by atoms with Crippen molar-refractivity contribution in [2.24, 2.45) is 5.92 Å². The van der Waals surface area contributed by atoms with Crippen molar-refractivity contribution >= 4 is 5.91 Å². The molecule has 1 N–H and O–H groups in total. The van der Waals surface area contributed by atoms with E-state index in [0.717, 1.165) is 12.0 Å². The summed E-state index contributed by atoms with van der Waals surface area (Å²) in [6, 6.07) is 11.8. The maximum atomic E-state index is 11.8. The lowest BCUT2D eigenvalue weighted by Crippen LogP contribution is -2.33. The molecule has 3 heteroatoms. The summed E-state index contributed by atoms with van der Waals surface area (Å²) in [5.74, 6) is -0.724. The molecule has 17 heavy (non-hydrogen) atoms. The van der Waals surface area contributed by atoms with Crippen molar-refractivity contribution in [3.63, 3.8) is 0 Å². The number of hydrogen-bond donors (Lipinski definition) is 1. The fraction of sp³-hybridized carbons (Fsp3) is 0.429. The number of hydrogen-bond acceptors (Lipinski definition) is 2. The zero-order valence-electron chi connectivity index (χ0n) is 10.3. The van der Waals surface area contributed by atoms with Crippen LogP contribution in [0.2, 0.25) is 0 Å². The topological polar surface area (TPSA) is 52.9 Å². The molecule has 90 valence electrons. The molecule has 1 aromatic rings. The average Bonchev–Trinajstić information content (AvgIpc) is 2.38. The van der Waals surface area contributed by atoms with E-state index in [2.05, 4.69) is 5.32 Å². The zero-order chi connectivity index (χ0) is 12.7. The molecule has 2 atom stereocenters. The number of carbonyl (C=O) groups excluding carboxylic acids is 1. The first kappa shape index (κ1) is 13.2. The van der Waals surface area contributed by atoms with Crippen molar-refractivity contribution < 1.29 is 4.79 Å². The summed E-state index contributed by atoms with van der Waals surface area (Å²) >= 11 is 0. The van der Waals surface area contributed by atoms with Gasteiger partial charge in [-0.2, -0.15) is 5.26 Å². The summed E-state index contributed by atoms with van der Waals surface area (Å²) in [6.45, 7) is 3.86. The van der Waals surface area contributed by atoms with Crippen LogP contribution in [0.3, 0.4) is 0 Å². The summed E-state index contributed by atoms with van der Waals surface area (Å²) in [7, 11) is 0. The molecule has 0 aromatic heterocycles. The van der Waals surface area contributed by atoms with Gasteiger partial charge in [0.05, 0.1) is 12.1 Å². The molecule has 1 amide bonds. The Morgan fingerprint density at radius 2 is 1.94 bits per heavy atom. The number of carbonyl (C=O) groups is 1. The van der Waals surface area contributed by atoms with Crippen LogP contribution in [0, 0.1) is 17.2 Å². The lowest BCUT2D eigenvalue weighted by atomic mass is 10.0.